The van der Waals surface area contributed by atoms with Crippen LogP contribution in [0.5, 0.6) is 5.75 Å². The molecule has 7 heteroatoms. The molecule has 0 atom stereocenters. The fourth-order valence-electron chi connectivity index (χ4n) is 4.32. The number of aryl methyl sites for hydroxylation is 1. The number of ether oxygens (including phenoxy) is 1. The number of pyridine rings is 1. The molecule has 5 rings (SSSR count). The van der Waals surface area contributed by atoms with E-state index in [1.165, 1.54) is 0 Å². The van der Waals surface area contributed by atoms with Crippen LogP contribution in [0, 0.1) is 6.92 Å². The van der Waals surface area contributed by atoms with Crippen molar-refractivity contribution in [3.05, 3.63) is 78.4 Å². The largest absolute Gasteiger partial charge is 0.489 e. The number of aromatic nitrogens is 3. The van der Waals surface area contributed by atoms with E-state index in [2.05, 4.69) is 62.7 Å². The Balaban J connectivity index is 1.35. The van der Waals surface area contributed by atoms with Gasteiger partial charge in [0.25, 0.3) is 0 Å². The van der Waals surface area contributed by atoms with Gasteiger partial charge in [0.2, 0.25) is 0 Å². The number of hydrogen-bond acceptors (Lipinski definition) is 7. The number of benzene rings is 2. The maximum absolute atomic E-state index is 6.45. The van der Waals surface area contributed by atoms with Gasteiger partial charge in [-0.3, -0.25) is 4.98 Å². The molecule has 0 bridgehead atoms. The second-order valence-corrected chi connectivity index (χ2v) is 8.82. The quantitative estimate of drug-likeness (QED) is 0.399. The van der Waals surface area contributed by atoms with Crippen molar-refractivity contribution < 1.29 is 4.74 Å². The zero-order valence-electron chi connectivity index (χ0n) is 19.7. The Morgan fingerprint density at radius 2 is 1.88 bits per heavy atom. The summed E-state index contributed by atoms with van der Waals surface area (Å²) in [7, 11) is 2.16. The average molecular weight is 455 g/mol. The lowest BCUT2D eigenvalue weighted by molar-refractivity contribution is 0.116. The van der Waals surface area contributed by atoms with E-state index in [4.69, 9.17) is 4.74 Å². The minimum atomic E-state index is 0.210. The number of nitrogens with zero attached hydrogens (tertiary/aromatic N) is 4. The van der Waals surface area contributed by atoms with Crippen LogP contribution in [-0.4, -0.2) is 46.1 Å². The molecule has 3 heterocycles. The van der Waals surface area contributed by atoms with Crippen molar-refractivity contribution >= 4 is 28.1 Å². The minimum Gasteiger partial charge on any atom is -0.489 e. The monoisotopic (exact) mass is 454 g/mol. The van der Waals surface area contributed by atoms with Crippen LogP contribution < -0.4 is 15.4 Å². The third-order valence-electron chi connectivity index (χ3n) is 6.26. The van der Waals surface area contributed by atoms with E-state index in [1.807, 2.05) is 42.6 Å². The van der Waals surface area contributed by atoms with Gasteiger partial charge in [-0.2, -0.15) is 0 Å². The summed E-state index contributed by atoms with van der Waals surface area (Å²) in [5.74, 6) is 1.59. The molecule has 0 aliphatic carbocycles. The van der Waals surface area contributed by atoms with Gasteiger partial charge in [-0.05, 0) is 74.8 Å². The van der Waals surface area contributed by atoms with Crippen LogP contribution in [0.25, 0.3) is 10.9 Å². The highest BCUT2D eigenvalue weighted by molar-refractivity contribution is 5.95. The van der Waals surface area contributed by atoms with Crippen molar-refractivity contribution in [1.82, 2.24) is 19.9 Å². The van der Waals surface area contributed by atoms with Crippen LogP contribution >= 0.6 is 0 Å². The number of piperidine rings is 1. The highest BCUT2D eigenvalue weighted by Gasteiger charge is 2.20. The molecule has 2 aromatic heterocycles. The molecule has 7 nitrogen and oxygen atoms in total. The summed E-state index contributed by atoms with van der Waals surface area (Å²) in [6.45, 7) is 4.88. The normalized spacial score (nSPS) is 14.8. The van der Waals surface area contributed by atoms with Gasteiger partial charge in [0.15, 0.2) is 0 Å². The van der Waals surface area contributed by atoms with Crippen molar-refractivity contribution in [1.29, 1.82) is 0 Å². The highest BCUT2D eigenvalue weighted by atomic mass is 16.5. The molecule has 2 aromatic carbocycles. The van der Waals surface area contributed by atoms with E-state index < -0.39 is 0 Å². The topological polar surface area (TPSA) is 75.2 Å². The number of nitrogens with one attached hydrogen (secondary N) is 2. The summed E-state index contributed by atoms with van der Waals surface area (Å²) in [6, 6.07) is 18.2. The average Bonchev–Trinajstić information content (AvgIpc) is 2.86. The number of hydrogen-bond donors (Lipinski definition) is 2. The fourth-order valence-corrected chi connectivity index (χ4v) is 4.32. The van der Waals surface area contributed by atoms with Crippen molar-refractivity contribution in [2.45, 2.75) is 32.4 Å². The Labute approximate surface area is 200 Å². The predicted molar refractivity (Wildman–Crippen MR) is 137 cm³/mol. The SMILES string of the molecule is Cc1cc(Nc2ncnc3cccc(OC4CCN(C)CC4)c23)ccc1NCc1ccccn1. The fraction of sp³-hybridized carbons (Fsp3) is 0.296. The summed E-state index contributed by atoms with van der Waals surface area (Å²) in [4.78, 5) is 15.8. The molecule has 0 saturated carbocycles. The molecule has 4 aromatic rings. The Hall–Kier alpha value is -3.71. The molecular weight excluding hydrogens is 424 g/mol. The van der Waals surface area contributed by atoms with Crippen LogP contribution in [0.15, 0.2) is 67.1 Å². The lowest BCUT2D eigenvalue weighted by Crippen LogP contribution is -2.35. The van der Waals surface area contributed by atoms with Crippen LogP contribution in [0.1, 0.15) is 24.1 Å². The van der Waals surface area contributed by atoms with Crippen LogP contribution in [-0.2, 0) is 6.54 Å². The third-order valence-corrected chi connectivity index (χ3v) is 6.26. The van der Waals surface area contributed by atoms with Gasteiger partial charge in [-0.25, -0.2) is 9.97 Å². The van der Waals surface area contributed by atoms with Crippen molar-refractivity contribution in [2.24, 2.45) is 0 Å². The van der Waals surface area contributed by atoms with Crippen molar-refractivity contribution in [3.63, 3.8) is 0 Å². The molecule has 0 spiro atoms. The van der Waals surface area contributed by atoms with Crippen LogP contribution in [0.2, 0.25) is 0 Å². The highest BCUT2D eigenvalue weighted by Crippen LogP contribution is 2.33. The van der Waals surface area contributed by atoms with E-state index in [9.17, 15) is 0 Å². The maximum atomic E-state index is 6.45. The standard InChI is InChI=1S/C27H30N6O/c1-19-16-20(9-10-23(19)29-17-21-6-3-4-13-28-21)32-27-26-24(30-18-31-27)7-5-8-25(26)34-22-11-14-33(2)15-12-22/h3-10,13,16,18,22,29H,11-12,14-15,17H2,1-2H3,(H,30,31,32). The molecule has 34 heavy (non-hydrogen) atoms. The first-order valence-corrected chi connectivity index (χ1v) is 11.8. The van der Waals surface area contributed by atoms with Crippen LogP contribution in [0.4, 0.5) is 17.2 Å². The summed E-state index contributed by atoms with van der Waals surface area (Å²) < 4.78 is 6.45. The Bertz CT molecular complexity index is 1250. The second-order valence-electron chi connectivity index (χ2n) is 8.82. The van der Waals surface area contributed by atoms with Gasteiger partial charge in [0.1, 0.15) is 24.0 Å². The molecule has 1 aliphatic rings. The summed E-state index contributed by atoms with van der Waals surface area (Å²) >= 11 is 0. The molecule has 174 valence electrons. The molecule has 1 saturated heterocycles. The summed E-state index contributed by atoms with van der Waals surface area (Å²) in [5, 5.41) is 7.88. The lowest BCUT2D eigenvalue weighted by atomic mass is 10.1. The zero-order valence-corrected chi connectivity index (χ0v) is 19.7. The third kappa shape index (κ3) is 5.10. The number of rotatable bonds is 7. The molecular formula is C27H30N6O. The van der Waals surface area contributed by atoms with Gasteiger partial charge in [-0.1, -0.05) is 12.1 Å². The van der Waals surface area contributed by atoms with Gasteiger partial charge >= 0.3 is 0 Å². The first kappa shape index (κ1) is 22.1. The number of anilines is 3. The molecule has 0 unspecified atom stereocenters. The first-order valence-electron chi connectivity index (χ1n) is 11.8. The van der Waals surface area contributed by atoms with E-state index in [0.29, 0.717) is 6.54 Å². The van der Waals surface area contributed by atoms with Crippen LogP contribution in [0.3, 0.4) is 0 Å². The van der Waals surface area contributed by atoms with Gasteiger partial charge < -0.3 is 20.3 Å². The van der Waals surface area contributed by atoms with E-state index >= 15 is 0 Å². The molecule has 0 radical (unpaired) electrons. The first-order chi connectivity index (χ1) is 16.7. The Kier molecular flexibility index (Phi) is 6.53. The number of fused-ring (bicyclic) bond motifs is 1. The lowest BCUT2D eigenvalue weighted by Gasteiger charge is -2.29. The maximum Gasteiger partial charge on any atom is 0.145 e. The van der Waals surface area contributed by atoms with Crippen molar-refractivity contribution in [3.8, 4) is 5.75 Å². The van der Waals surface area contributed by atoms with E-state index in [0.717, 1.165) is 71.0 Å². The van der Waals surface area contributed by atoms with E-state index in [-0.39, 0.29) is 6.10 Å². The zero-order chi connectivity index (χ0) is 23.3. The predicted octanol–water partition coefficient (Wildman–Crippen LogP) is 5.16. The summed E-state index contributed by atoms with van der Waals surface area (Å²) in [5.41, 5.74) is 5.06. The minimum absolute atomic E-state index is 0.210. The Morgan fingerprint density at radius 3 is 2.68 bits per heavy atom. The van der Waals surface area contributed by atoms with Gasteiger partial charge in [0, 0.05) is 30.7 Å². The van der Waals surface area contributed by atoms with Gasteiger partial charge in [-0.15, -0.1) is 0 Å². The number of likely N-dealkylation sites (tertiary alicyclic amines) is 1. The van der Waals surface area contributed by atoms with Crippen molar-refractivity contribution in [2.75, 3.05) is 30.8 Å². The Morgan fingerprint density at radius 1 is 1.00 bits per heavy atom. The molecule has 0 amide bonds. The summed E-state index contributed by atoms with van der Waals surface area (Å²) in [6.07, 6.45) is 5.67. The van der Waals surface area contributed by atoms with Gasteiger partial charge in [0.05, 0.1) is 23.1 Å². The molecule has 2 N–H and O–H groups in total. The van der Waals surface area contributed by atoms with E-state index in [1.54, 1.807) is 6.33 Å². The molecule has 1 fully saturated rings. The smallest absolute Gasteiger partial charge is 0.145 e. The molecule has 1 aliphatic heterocycles. The second kappa shape index (κ2) is 10.1.